The van der Waals surface area contributed by atoms with Crippen molar-refractivity contribution in [2.45, 2.75) is 13.3 Å². The summed E-state index contributed by atoms with van der Waals surface area (Å²) in [6.07, 6.45) is 1.25. The Morgan fingerprint density at radius 2 is 2.11 bits per heavy atom. The van der Waals surface area contributed by atoms with E-state index in [0.29, 0.717) is 12.0 Å². The monoisotopic (exact) mass is 274 g/mol. The quantitative estimate of drug-likeness (QED) is 0.834. The fourth-order valence-electron chi connectivity index (χ4n) is 1.42. The Hall–Kier alpha value is -1.63. The first-order valence-electron chi connectivity index (χ1n) is 5.24. The maximum atomic E-state index is 13.6. The summed E-state index contributed by atoms with van der Waals surface area (Å²) in [5, 5.41) is 0. The van der Waals surface area contributed by atoms with Gasteiger partial charge in [-0.15, -0.1) is 0 Å². The summed E-state index contributed by atoms with van der Waals surface area (Å²) in [5.74, 6) is -1.55. The highest BCUT2D eigenvalue weighted by molar-refractivity contribution is 7.92. The number of rotatable bonds is 5. The number of nitrogens with two attached hydrogens (primary N) is 1. The maximum absolute atomic E-state index is 13.6. The minimum atomic E-state index is -3.51. The van der Waals surface area contributed by atoms with Crippen molar-refractivity contribution in [3.05, 3.63) is 29.6 Å². The zero-order valence-electron chi connectivity index (χ0n) is 10.1. The number of primary amides is 1. The fraction of sp³-hybridized carbons (Fsp3) is 0.364. The van der Waals surface area contributed by atoms with E-state index in [9.17, 15) is 17.6 Å². The molecule has 0 bridgehead atoms. The van der Waals surface area contributed by atoms with Gasteiger partial charge in [0.15, 0.2) is 0 Å². The van der Waals surface area contributed by atoms with Gasteiger partial charge in [0.2, 0.25) is 15.9 Å². The third kappa shape index (κ3) is 4.33. The number of carbonyl (C=O) groups is 1. The third-order valence-corrected chi connectivity index (χ3v) is 2.95. The number of carbonyl (C=O) groups excluding carboxylic acids is 1. The third-order valence-electron chi connectivity index (χ3n) is 2.36. The van der Waals surface area contributed by atoms with Crippen molar-refractivity contribution in [2.24, 2.45) is 11.7 Å². The molecule has 0 spiro atoms. The van der Waals surface area contributed by atoms with Gasteiger partial charge in [0, 0.05) is 5.92 Å². The molecule has 1 aromatic carbocycles. The first-order chi connectivity index (χ1) is 8.19. The molecule has 7 heteroatoms. The molecule has 100 valence electrons. The number of anilines is 1. The molecule has 0 heterocycles. The van der Waals surface area contributed by atoms with Gasteiger partial charge in [-0.3, -0.25) is 9.52 Å². The summed E-state index contributed by atoms with van der Waals surface area (Å²) in [5.41, 5.74) is 5.57. The molecule has 1 aromatic rings. The van der Waals surface area contributed by atoms with Crippen LogP contribution in [0.25, 0.3) is 0 Å². The van der Waals surface area contributed by atoms with Crippen molar-refractivity contribution in [1.82, 2.24) is 0 Å². The molecule has 0 saturated heterocycles. The van der Waals surface area contributed by atoms with Crippen molar-refractivity contribution in [3.8, 4) is 0 Å². The van der Waals surface area contributed by atoms with E-state index >= 15 is 0 Å². The second-order valence-corrected chi connectivity index (χ2v) is 5.94. The standard InChI is InChI=1S/C11H15FN2O3S/c1-7(11(13)15)5-8-3-4-10(9(12)6-8)14-18(2,16)17/h3-4,6-7,14H,5H2,1-2H3,(H2,13,15). The van der Waals surface area contributed by atoms with Gasteiger partial charge in [-0.25, -0.2) is 12.8 Å². The van der Waals surface area contributed by atoms with E-state index < -0.39 is 27.7 Å². The van der Waals surface area contributed by atoms with Gasteiger partial charge in [-0.1, -0.05) is 13.0 Å². The zero-order chi connectivity index (χ0) is 13.9. The van der Waals surface area contributed by atoms with Gasteiger partial charge in [-0.2, -0.15) is 0 Å². The lowest BCUT2D eigenvalue weighted by Gasteiger charge is -2.10. The molecule has 3 N–H and O–H groups in total. The number of sulfonamides is 1. The molecule has 1 rings (SSSR count). The van der Waals surface area contributed by atoms with Crippen LogP contribution in [0, 0.1) is 11.7 Å². The molecule has 0 fully saturated rings. The molecule has 1 amide bonds. The van der Waals surface area contributed by atoms with Crippen LogP contribution in [-0.2, 0) is 21.2 Å². The lowest BCUT2D eigenvalue weighted by Crippen LogP contribution is -2.22. The molecule has 0 aromatic heterocycles. The van der Waals surface area contributed by atoms with Gasteiger partial charge in [0.1, 0.15) is 5.82 Å². The molecular weight excluding hydrogens is 259 g/mol. The number of benzene rings is 1. The smallest absolute Gasteiger partial charge is 0.229 e. The highest BCUT2D eigenvalue weighted by Gasteiger charge is 2.12. The van der Waals surface area contributed by atoms with Gasteiger partial charge in [0.05, 0.1) is 11.9 Å². The van der Waals surface area contributed by atoms with Gasteiger partial charge < -0.3 is 5.73 Å². The first kappa shape index (κ1) is 14.4. The fourth-order valence-corrected chi connectivity index (χ4v) is 1.99. The Kier molecular flexibility index (Phi) is 4.28. The van der Waals surface area contributed by atoms with Crippen LogP contribution >= 0.6 is 0 Å². The van der Waals surface area contributed by atoms with Crippen molar-refractivity contribution < 1.29 is 17.6 Å². The Bertz CT molecular complexity index is 557. The minimum Gasteiger partial charge on any atom is -0.369 e. The Balaban J connectivity index is 2.89. The molecule has 0 saturated carbocycles. The molecule has 5 nitrogen and oxygen atoms in total. The Labute approximate surface area is 105 Å². The van der Waals surface area contributed by atoms with Crippen LogP contribution in [-0.4, -0.2) is 20.6 Å². The van der Waals surface area contributed by atoms with Gasteiger partial charge >= 0.3 is 0 Å². The van der Waals surface area contributed by atoms with E-state index in [1.165, 1.54) is 12.1 Å². The average molecular weight is 274 g/mol. The predicted octanol–water partition coefficient (Wildman–Crippen LogP) is 0.861. The van der Waals surface area contributed by atoms with E-state index in [-0.39, 0.29) is 5.69 Å². The minimum absolute atomic E-state index is 0.118. The lowest BCUT2D eigenvalue weighted by atomic mass is 10.0. The molecular formula is C11H15FN2O3S. The second kappa shape index (κ2) is 5.34. The number of hydrogen-bond donors (Lipinski definition) is 2. The van der Waals surface area contributed by atoms with E-state index in [4.69, 9.17) is 5.73 Å². The number of halogens is 1. The van der Waals surface area contributed by atoms with E-state index in [1.807, 2.05) is 0 Å². The highest BCUT2D eigenvalue weighted by atomic mass is 32.2. The zero-order valence-corrected chi connectivity index (χ0v) is 10.9. The predicted molar refractivity (Wildman–Crippen MR) is 66.9 cm³/mol. The van der Waals surface area contributed by atoms with Crippen molar-refractivity contribution in [3.63, 3.8) is 0 Å². The normalized spacial score (nSPS) is 13.1. The molecule has 1 unspecified atom stereocenters. The van der Waals surface area contributed by atoms with E-state index in [1.54, 1.807) is 13.0 Å². The summed E-state index contributed by atoms with van der Waals surface area (Å²) >= 11 is 0. The van der Waals surface area contributed by atoms with Crippen LogP contribution < -0.4 is 10.5 Å². The SMILES string of the molecule is CC(Cc1ccc(NS(C)(=O)=O)c(F)c1)C(N)=O. The summed E-state index contributed by atoms with van der Waals surface area (Å²) in [7, 11) is -3.51. The van der Waals surface area contributed by atoms with Crippen molar-refractivity contribution >= 4 is 21.6 Å². The van der Waals surface area contributed by atoms with Crippen molar-refractivity contribution in [2.75, 3.05) is 11.0 Å². The van der Waals surface area contributed by atoms with Gasteiger partial charge in [0.25, 0.3) is 0 Å². The first-order valence-corrected chi connectivity index (χ1v) is 7.13. The summed E-state index contributed by atoms with van der Waals surface area (Å²) in [6.45, 7) is 1.64. The molecule has 0 aliphatic rings. The maximum Gasteiger partial charge on any atom is 0.229 e. The molecule has 18 heavy (non-hydrogen) atoms. The molecule has 0 radical (unpaired) electrons. The highest BCUT2D eigenvalue weighted by Crippen LogP contribution is 2.18. The molecule has 0 aliphatic heterocycles. The van der Waals surface area contributed by atoms with Crippen LogP contribution in [0.15, 0.2) is 18.2 Å². The largest absolute Gasteiger partial charge is 0.369 e. The van der Waals surface area contributed by atoms with Crippen molar-refractivity contribution in [1.29, 1.82) is 0 Å². The van der Waals surface area contributed by atoms with Crippen LogP contribution in [0.2, 0.25) is 0 Å². The van der Waals surface area contributed by atoms with Crippen LogP contribution in [0.3, 0.4) is 0 Å². The lowest BCUT2D eigenvalue weighted by molar-refractivity contribution is -0.121. The second-order valence-electron chi connectivity index (χ2n) is 4.20. The Morgan fingerprint density at radius 1 is 1.50 bits per heavy atom. The Morgan fingerprint density at radius 3 is 2.56 bits per heavy atom. The van der Waals surface area contributed by atoms with Gasteiger partial charge in [-0.05, 0) is 24.1 Å². The average Bonchev–Trinajstić information content (AvgIpc) is 2.20. The van der Waals surface area contributed by atoms with Crippen LogP contribution in [0.1, 0.15) is 12.5 Å². The molecule has 0 aliphatic carbocycles. The summed E-state index contributed by atoms with van der Waals surface area (Å²) < 4.78 is 37.6. The molecule has 1 atom stereocenters. The van der Waals surface area contributed by atoms with Crippen LogP contribution in [0.4, 0.5) is 10.1 Å². The number of amides is 1. The van der Waals surface area contributed by atoms with E-state index in [2.05, 4.69) is 4.72 Å². The van der Waals surface area contributed by atoms with Crippen LogP contribution in [0.5, 0.6) is 0 Å². The summed E-state index contributed by atoms with van der Waals surface area (Å²) in [4.78, 5) is 10.9. The summed E-state index contributed by atoms with van der Waals surface area (Å²) in [6, 6.07) is 4.06. The number of hydrogen-bond acceptors (Lipinski definition) is 3. The van der Waals surface area contributed by atoms with E-state index in [0.717, 1.165) is 6.26 Å². The topological polar surface area (TPSA) is 89.3 Å². The number of nitrogens with one attached hydrogen (secondary N) is 1.